The fourth-order valence-corrected chi connectivity index (χ4v) is 0. The molecular weight excluding hydrogens is 154 g/mol. The number of hydrogen-bond acceptors (Lipinski definition) is 2. The molecule has 0 amide bonds. The lowest BCUT2D eigenvalue weighted by molar-refractivity contribution is 0.292. The molecule has 0 aromatic carbocycles. The van der Waals surface area contributed by atoms with Crippen LogP contribution in [0.15, 0.2) is 13.2 Å². The van der Waals surface area contributed by atoms with Crippen LogP contribution in [0.25, 0.3) is 0 Å². The monoisotopic (exact) mass is 160 g/mol. The van der Waals surface area contributed by atoms with Crippen LogP contribution in [0.2, 0.25) is 0 Å². The molecule has 0 aromatic heterocycles. The van der Waals surface area contributed by atoms with Gasteiger partial charge < -0.3 is 9.79 Å². The van der Waals surface area contributed by atoms with E-state index in [0.29, 0.717) is 0 Å². The molecule has 0 rings (SSSR count). The van der Waals surface area contributed by atoms with Crippen molar-refractivity contribution in [3.05, 3.63) is 13.2 Å². The highest BCUT2D eigenvalue weighted by Gasteiger charge is 2.10. The van der Waals surface area contributed by atoms with E-state index in [2.05, 4.69) is 29.1 Å². The molecule has 0 aromatic rings. The highest BCUT2D eigenvalue weighted by atomic mass is 35.5. The van der Waals surface area contributed by atoms with Gasteiger partial charge in [0.2, 0.25) is 0 Å². The summed E-state index contributed by atoms with van der Waals surface area (Å²) < 4.78 is 12.4. The Labute approximate surface area is 52.1 Å². The molecule has 50 valence electrons. The number of phosphoric acid groups is 1. The Bertz CT molecular complexity index is 88.0. The van der Waals surface area contributed by atoms with Crippen LogP contribution in [0, 0.1) is 0 Å². The van der Waals surface area contributed by atoms with Crippen LogP contribution < -0.4 is 0 Å². The first kappa shape index (κ1) is 11.0. The smallest absolute Gasteiger partial charge is 0.302 e. The second kappa shape index (κ2) is 5.28. The van der Waals surface area contributed by atoms with Crippen molar-refractivity contribution in [3.63, 3.8) is 0 Å². The summed E-state index contributed by atoms with van der Waals surface area (Å²) in [7, 11) is -4.38. The van der Waals surface area contributed by atoms with Crippen LogP contribution in [0.3, 0.4) is 0 Å². The van der Waals surface area contributed by atoms with E-state index < -0.39 is 7.82 Å². The summed E-state index contributed by atoms with van der Waals surface area (Å²) in [5.74, 6) is 0. The SMILES string of the molecule is C=C.O=P(O)(O)OCl. The second-order valence-corrected chi connectivity index (χ2v) is 2.09. The third kappa shape index (κ3) is 16.5. The first-order chi connectivity index (χ1) is 3.56. The van der Waals surface area contributed by atoms with Gasteiger partial charge in [0.05, 0.1) is 11.9 Å². The van der Waals surface area contributed by atoms with E-state index in [0.717, 1.165) is 0 Å². The molecule has 0 unspecified atom stereocenters. The number of rotatable bonds is 1. The summed E-state index contributed by atoms with van der Waals surface area (Å²) in [6.45, 7) is 6.00. The maximum Gasteiger partial charge on any atom is 0.486 e. The van der Waals surface area contributed by atoms with E-state index in [1.807, 2.05) is 0 Å². The third-order valence-electron chi connectivity index (χ3n) is 0.0899. The number of hydrogen-bond donors (Lipinski definition) is 2. The largest absolute Gasteiger partial charge is 0.486 e. The average molecular weight is 160 g/mol. The Hall–Kier alpha value is 0.140. The molecule has 0 atom stereocenters. The zero-order chi connectivity index (χ0) is 7.21. The van der Waals surface area contributed by atoms with E-state index in [1.54, 1.807) is 0 Å². The molecule has 0 aliphatic rings. The second-order valence-electron chi connectivity index (χ2n) is 0.560. The molecular formula is C2H6ClO4P. The van der Waals surface area contributed by atoms with Gasteiger partial charge in [0.25, 0.3) is 0 Å². The molecule has 2 N–H and O–H groups in total. The topological polar surface area (TPSA) is 66.8 Å². The van der Waals surface area contributed by atoms with Crippen molar-refractivity contribution >= 4 is 19.7 Å². The van der Waals surface area contributed by atoms with Gasteiger partial charge >= 0.3 is 7.82 Å². The molecule has 8 heavy (non-hydrogen) atoms. The Morgan fingerprint density at radius 3 is 1.62 bits per heavy atom. The predicted molar refractivity (Wildman–Crippen MR) is 30.2 cm³/mol. The maximum absolute atomic E-state index is 9.34. The lowest BCUT2D eigenvalue weighted by Crippen LogP contribution is -1.70. The van der Waals surface area contributed by atoms with Crippen molar-refractivity contribution in [3.8, 4) is 0 Å². The zero-order valence-corrected chi connectivity index (χ0v) is 5.60. The van der Waals surface area contributed by atoms with Crippen molar-refractivity contribution in [2.45, 2.75) is 0 Å². The first-order valence-corrected chi connectivity index (χ1v) is 3.26. The van der Waals surface area contributed by atoms with Crippen molar-refractivity contribution in [1.29, 1.82) is 0 Å². The number of halogens is 1. The Balaban J connectivity index is 0. The highest BCUT2D eigenvalue weighted by molar-refractivity contribution is 7.47. The summed E-state index contributed by atoms with van der Waals surface area (Å²) in [6, 6.07) is 0. The van der Waals surface area contributed by atoms with Gasteiger partial charge in [-0.15, -0.1) is 13.2 Å². The Morgan fingerprint density at radius 2 is 1.62 bits per heavy atom. The molecule has 0 fully saturated rings. The Morgan fingerprint density at radius 1 is 1.50 bits per heavy atom. The van der Waals surface area contributed by atoms with Gasteiger partial charge in [-0.2, -0.15) is 4.08 Å². The summed E-state index contributed by atoms with van der Waals surface area (Å²) in [5, 5.41) is 0. The average Bonchev–Trinajstić information content (AvgIpc) is 1.71. The maximum atomic E-state index is 9.34. The molecule has 0 aliphatic carbocycles. The van der Waals surface area contributed by atoms with Crippen LogP contribution in [0.4, 0.5) is 0 Å². The van der Waals surface area contributed by atoms with E-state index >= 15 is 0 Å². The van der Waals surface area contributed by atoms with Crippen molar-refractivity contribution in [1.82, 2.24) is 0 Å². The van der Waals surface area contributed by atoms with Crippen LogP contribution in [0.1, 0.15) is 0 Å². The highest BCUT2D eigenvalue weighted by Crippen LogP contribution is 2.36. The summed E-state index contributed by atoms with van der Waals surface area (Å²) >= 11 is 4.21. The molecule has 6 heteroatoms. The summed E-state index contributed by atoms with van der Waals surface area (Å²) in [4.78, 5) is 15.2. The van der Waals surface area contributed by atoms with Crippen LogP contribution in [-0.4, -0.2) is 9.79 Å². The minimum Gasteiger partial charge on any atom is -0.302 e. The van der Waals surface area contributed by atoms with E-state index in [4.69, 9.17) is 9.79 Å². The summed E-state index contributed by atoms with van der Waals surface area (Å²) in [6.07, 6.45) is 0. The third-order valence-corrected chi connectivity index (χ3v) is 0.809. The lowest BCUT2D eigenvalue weighted by atomic mass is 11.3. The fraction of sp³-hybridized carbons (Fsp3) is 0. The van der Waals surface area contributed by atoms with Crippen LogP contribution in [0.5, 0.6) is 0 Å². The van der Waals surface area contributed by atoms with Gasteiger partial charge in [-0.05, 0) is 0 Å². The van der Waals surface area contributed by atoms with Crippen LogP contribution in [-0.2, 0) is 8.64 Å². The molecule has 0 saturated heterocycles. The molecule has 0 spiro atoms. The normalized spacial score (nSPS) is 9.38. The molecule has 0 bridgehead atoms. The van der Waals surface area contributed by atoms with E-state index in [-0.39, 0.29) is 0 Å². The van der Waals surface area contributed by atoms with E-state index in [9.17, 15) is 4.57 Å². The minimum atomic E-state index is -4.38. The van der Waals surface area contributed by atoms with Gasteiger partial charge in [-0.25, -0.2) is 4.57 Å². The lowest BCUT2D eigenvalue weighted by Gasteiger charge is -1.89. The van der Waals surface area contributed by atoms with Crippen LogP contribution >= 0.6 is 19.7 Å². The van der Waals surface area contributed by atoms with Crippen molar-refractivity contribution in [2.24, 2.45) is 0 Å². The molecule has 0 saturated carbocycles. The van der Waals surface area contributed by atoms with Gasteiger partial charge in [-0.3, -0.25) is 0 Å². The van der Waals surface area contributed by atoms with Gasteiger partial charge in [0.1, 0.15) is 0 Å². The van der Waals surface area contributed by atoms with Gasteiger partial charge in [-0.1, -0.05) is 0 Å². The summed E-state index contributed by atoms with van der Waals surface area (Å²) in [5.41, 5.74) is 0. The van der Waals surface area contributed by atoms with E-state index in [1.165, 1.54) is 0 Å². The predicted octanol–water partition coefficient (Wildman–Crippen LogP) is 1.05. The molecule has 4 nitrogen and oxygen atoms in total. The van der Waals surface area contributed by atoms with Crippen molar-refractivity contribution < 1.29 is 18.4 Å². The van der Waals surface area contributed by atoms with Gasteiger partial charge in [0.15, 0.2) is 0 Å². The van der Waals surface area contributed by atoms with Crippen molar-refractivity contribution in [2.75, 3.05) is 0 Å². The standard InChI is InChI=1S/C2H4.ClH2O4P/c1-2;1-5-6(2,3)4/h1-2H2;(H2,2,3,4). The molecule has 0 aliphatic heterocycles. The van der Waals surface area contributed by atoms with Gasteiger partial charge in [0, 0.05) is 0 Å². The fourth-order valence-electron chi connectivity index (χ4n) is 0. The quantitative estimate of drug-likeness (QED) is 0.445. The first-order valence-electron chi connectivity index (χ1n) is 1.42. The Kier molecular flexibility index (Phi) is 7.26. The molecule has 0 heterocycles. The minimum absolute atomic E-state index is 3.00. The zero-order valence-electron chi connectivity index (χ0n) is 3.95. The molecule has 0 radical (unpaired) electrons.